The second-order valence-electron chi connectivity index (χ2n) is 8.29. The highest BCUT2D eigenvalue weighted by molar-refractivity contribution is 7.99. The van der Waals surface area contributed by atoms with Gasteiger partial charge in [-0.15, -0.1) is 16.8 Å². The molecule has 2 aromatic carbocycles. The van der Waals surface area contributed by atoms with Crippen LogP contribution < -0.4 is 10.6 Å². The van der Waals surface area contributed by atoms with Gasteiger partial charge in [-0.25, -0.2) is 4.79 Å². The number of allylic oxidation sites excluding steroid dienone is 1. The number of carbonyl (C=O) groups is 3. The number of hydrogen-bond donors (Lipinski definition) is 2. The van der Waals surface area contributed by atoms with E-state index in [2.05, 4.69) is 27.4 Å². The van der Waals surface area contributed by atoms with Gasteiger partial charge >= 0.3 is 5.97 Å². The Hall–Kier alpha value is -3.63. The van der Waals surface area contributed by atoms with Gasteiger partial charge in [-0.05, 0) is 30.2 Å². The first-order valence-corrected chi connectivity index (χ1v) is 12.8. The third-order valence-corrected chi connectivity index (χ3v) is 6.64. The lowest BCUT2D eigenvalue weighted by Crippen LogP contribution is -2.34. The van der Waals surface area contributed by atoms with Crippen LogP contribution in [0.15, 0.2) is 66.3 Å². The molecule has 0 bridgehead atoms. The smallest absolute Gasteiger partial charge is 0.339 e. The third-order valence-electron chi connectivity index (χ3n) is 5.35. The van der Waals surface area contributed by atoms with Gasteiger partial charge in [-0.3, -0.25) is 9.59 Å². The molecule has 0 saturated heterocycles. The van der Waals surface area contributed by atoms with E-state index in [0.29, 0.717) is 33.8 Å². The van der Waals surface area contributed by atoms with Crippen LogP contribution in [-0.2, 0) is 16.1 Å². The molecular weight excluding hydrogens is 514 g/mol. The Morgan fingerprint density at radius 2 is 1.78 bits per heavy atom. The number of nitrogens with one attached hydrogen (secondary N) is 2. The van der Waals surface area contributed by atoms with E-state index in [4.69, 9.17) is 16.3 Å². The number of halogens is 1. The molecule has 2 amide bonds. The lowest BCUT2D eigenvalue weighted by molar-refractivity contribution is -0.113. The molecule has 11 heteroatoms. The number of thioether (sulfide) groups is 1. The Bertz CT molecular complexity index is 1290. The maximum Gasteiger partial charge on any atom is 0.339 e. The summed E-state index contributed by atoms with van der Waals surface area (Å²) in [7, 11) is 1.28. The summed E-state index contributed by atoms with van der Waals surface area (Å²) in [6.07, 6.45) is 1.69. The molecule has 0 spiro atoms. The van der Waals surface area contributed by atoms with Crippen LogP contribution in [0, 0.1) is 5.92 Å². The molecule has 0 fully saturated rings. The highest BCUT2D eigenvalue weighted by atomic mass is 35.5. The van der Waals surface area contributed by atoms with E-state index in [1.807, 2.05) is 18.4 Å². The molecule has 194 valence electrons. The molecule has 2 N–H and O–H groups in total. The number of aromatic nitrogens is 3. The van der Waals surface area contributed by atoms with Crippen molar-refractivity contribution in [1.82, 2.24) is 20.1 Å². The molecule has 0 radical (unpaired) electrons. The van der Waals surface area contributed by atoms with Gasteiger partial charge in [0.25, 0.3) is 5.91 Å². The molecule has 1 aromatic heterocycles. The Labute approximate surface area is 224 Å². The van der Waals surface area contributed by atoms with Gasteiger partial charge < -0.3 is 19.9 Å². The van der Waals surface area contributed by atoms with E-state index in [-0.39, 0.29) is 29.0 Å². The molecule has 1 atom stereocenters. The minimum absolute atomic E-state index is 0.0170. The standard InChI is InChI=1S/C26H28ClN5O4S/c1-5-14-32-23(22(16(2)3)29-24(34)17-10-6-8-12-19(17)27)30-31-26(32)37-15-21(33)28-20-13-9-7-11-18(20)25(35)36-4/h5-13,16,22H,1,14-15H2,2-4H3,(H,28,33)(H,29,34). The zero-order chi connectivity index (χ0) is 26.9. The fraction of sp³-hybridized carbons (Fsp3) is 0.269. The number of esters is 1. The average molecular weight is 542 g/mol. The molecule has 3 aromatic rings. The van der Waals surface area contributed by atoms with Crippen LogP contribution in [0.1, 0.15) is 46.4 Å². The molecular formula is C26H28ClN5O4S. The summed E-state index contributed by atoms with van der Waals surface area (Å²) in [5.74, 6) is -0.663. The van der Waals surface area contributed by atoms with Gasteiger partial charge in [0.05, 0.1) is 40.7 Å². The Morgan fingerprint density at radius 1 is 1.11 bits per heavy atom. The highest BCUT2D eigenvalue weighted by Gasteiger charge is 2.27. The van der Waals surface area contributed by atoms with Crippen LogP contribution in [0.5, 0.6) is 0 Å². The van der Waals surface area contributed by atoms with Gasteiger partial charge in [0.1, 0.15) is 0 Å². The maximum absolute atomic E-state index is 13.0. The largest absolute Gasteiger partial charge is 0.465 e. The fourth-order valence-electron chi connectivity index (χ4n) is 3.53. The molecule has 0 aliphatic rings. The summed E-state index contributed by atoms with van der Waals surface area (Å²) in [5.41, 5.74) is 0.980. The zero-order valence-electron chi connectivity index (χ0n) is 20.7. The Kier molecular flexibility index (Phi) is 9.87. The van der Waals surface area contributed by atoms with Crippen molar-refractivity contribution in [3.05, 3.63) is 83.2 Å². The maximum atomic E-state index is 13.0. The fourth-order valence-corrected chi connectivity index (χ4v) is 4.50. The first-order chi connectivity index (χ1) is 17.8. The average Bonchev–Trinajstić information content (AvgIpc) is 3.28. The van der Waals surface area contributed by atoms with E-state index in [9.17, 15) is 14.4 Å². The molecule has 1 unspecified atom stereocenters. The van der Waals surface area contributed by atoms with E-state index in [1.54, 1.807) is 54.6 Å². The summed E-state index contributed by atoms with van der Waals surface area (Å²) < 4.78 is 6.58. The van der Waals surface area contributed by atoms with E-state index in [0.717, 1.165) is 0 Å². The third kappa shape index (κ3) is 6.99. The van der Waals surface area contributed by atoms with Gasteiger partial charge in [0.15, 0.2) is 11.0 Å². The number of benzene rings is 2. The number of anilines is 1. The van der Waals surface area contributed by atoms with Crippen molar-refractivity contribution in [2.75, 3.05) is 18.2 Å². The van der Waals surface area contributed by atoms with E-state index >= 15 is 0 Å². The monoisotopic (exact) mass is 541 g/mol. The lowest BCUT2D eigenvalue weighted by atomic mass is 10.0. The number of para-hydroxylation sites is 1. The van der Waals surface area contributed by atoms with Crippen molar-refractivity contribution in [2.45, 2.75) is 31.6 Å². The Morgan fingerprint density at radius 3 is 2.43 bits per heavy atom. The zero-order valence-corrected chi connectivity index (χ0v) is 22.3. The van der Waals surface area contributed by atoms with Gasteiger partial charge in [0.2, 0.25) is 5.91 Å². The summed E-state index contributed by atoms with van der Waals surface area (Å²) in [5, 5.41) is 15.2. The van der Waals surface area contributed by atoms with Gasteiger partial charge in [-0.1, -0.05) is 67.6 Å². The number of rotatable bonds is 11. The molecule has 9 nitrogen and oxygen atoms in total. The van der Waals surface area contributed by atoms with Gasteiger partial charge in [-0.2, -0.15) is 0 Å². The SMILES string of the molecule is C=CCn1c(SCC(=O)Nc2ccccc2C(=O)OC)nnc1C(NC(=O)c1ccccc1Cl)C(C)C. The Balaban J connectivity index is 1.77. The number of carbonyl (C=O) groups excluding carboxylic acids is 3. The van der Waals surface area contributed by atoms with Crippen molar-refractivity contribution in [3.8, 4) is 0 Å². The van der Waals surface area contributed by atoms with Crippen LogP contribution in [0.4, 0.5) is 5.69 Å². The summed E-state index contributed by atoms with van der Waals surface area (Å²) in [6, 6.07) is 12.9. The second-order valence-corrected chi connectivity index (χ2v) is 9.64. The molecule has 3 rings (SSSR count). The second kappa shape index (κ2) is 13.1. The van der Waals surface area contributed by atoms with Crippen LogP contribution in [0.2, 0.25) is 5.02 Å². The number of methoxy groups -OCH3 is 1. The number of hydrogen-bond acceptors (Lipinski definition) is 7. The lowest BCUT2D eigenvalue weighted by Gasteiger charge is -2.23. The number of ether oxygens (including phenoxy) is 1. The van der Waals surface area contributed by atoms with Crippen LogP contribution in [0.25, 0.3) is 0 Å². The molecule has 37 heavy (non-hydrogen) atoms. The van der Waals surface area contributed by atoms with Crippen molar-refractivity contribution in [1.29, 1.82) is 0 Å². The van der Waals surface area contributed by atoms with Crippen LogP contribution in [0.3, 0.4) is 0 Å². The topological polar surface area (TPSA) is 115 Å². The summed E-state index contributed by atoms with van der Waals surface area (Å²) in [4.78, 5) is 37.6. The first kappa shape index (κ1) is 27.9. The molecule has 0 aliphatic carbocycles. The predicted molar refractivity (Wildman–Crippen MR) is 144 cm³/mol. The molecule has 0 saturated carbocycles. The van der Waals surface area contributed by atoms with E-state index < -0.39 is 12.0 Å². The van der Waals surface area contributed by atoms with Crippen LogP contribution in [-0.4, -0.2) is 45.4 Å². The summed E-state index contributed by atoms with van der Waals surface area (Å²) in [6.45, 7) is 8.12. The van der Waals surface area contributed by atoms with Crippen molar-refractivity contribution in [2.24, 2.45) is 5.92 Å². The summed E-state index contributed by atoms with van der Waals surface area (Å²) >= 11 is 7.38. The minimum Gasteiger partial charge on any atom is -0.465 e. The predicted octanol–water partition coefficient (Wildman–Crippen LogP) is 4.76. The van der Waals surface area contributed by atoms with Gasteiger partial charge in [0, 0.05) is 6.54 Å². The minimum atomic E-state index is -0.544. The molecule has 0 aliphatic heterocycles. The number of amides is 2. The first-order valence-electron chi connectivity index (χ1n) is 11.5. The van der Waals surface area contributed by atoms with Crippen molar-refractivity contribution in [3.63, 3.8) is 0 Å². The normalized spacial score (nSPS) is 11.6. The molecule has 1 heterocycles. The number of nitrogens with zero attached hydrogens (tertiary/aromatic N) is 3. The van der Waals surface area contributed by atoms with Crippen molar-refractivity contribution < 1.29 is 19.1 Å². The quantitative estimate of drug-likeness (QED) is 0.204. The highest BCUT2D eigenvalue weighted by Crippen LogP contribution is 2.27. The van der Waals surface area contributed by atoms with E-state index in [1.165, 1.54) is 18.9 Å². The van der Waals surface area contributed by atoms with Crippen molar-refractivity contribution >= 4 is 46.8 Å². The van der Waals surface area contributed by atoms with Crippen LogP contribution >= 0.6 is 23.4 Å².